The van der Waals surface area contributed by atoms with Crippen LogP contribution < -0.4 is 0 Å². The molecule has 0 unspecified atom stereocenters. The van der Waals surface area contributed by atoms with E-state index in [1.807, 2.05) is 18.2 Å². The average molecular weight is 267 g/mol. The molecule has 5 heteroatoms. The van der Waals surface area contributed by atoms with Crippen molar-refractivity contribution in [1.29, 1.82) is 0 Å². The van der Waals surface area contributed by atoms with E-state index in [0.717, 1.165) is 27.1 Å². The molecule has 2 rings (SSSR count). The van der Waals surface area contributed by atoms with Crippen LogP contribution in [-0.4, -0.2) is 9.91 Å². The van der Waals surface area contributed by atoms with E-state index in [1.54, 1.807) is 6.20 Å². The summed E-state index contributed by atoms with van der Waals surface area (Å²) in [7, 11) is 0. The summed E-state index contributed by atoms with van der Waals surface area (Å²) in [6, 6.07) is 5.66. The van der Waals surface area contributed by atoms with Crippen LogP contribution in [0.5, 0.6) is 0 Å². The third-order valence-corrected chi connectivity index (χ3v) is 2.50. The van der Waals surface area contributed by atoms with E-state index in [2.05, 4.69) is 20.9 Å². The SMILES string of the molecule is O=[N+]([O-])/C=C/c1cc(Br)cc2[nH]ccc12. The maximum Gasteiger partial charge on any atom is 0.235 e. The Labute approximate surface area is 93.9 Å². The minimum absolute atomic E-state index is 0.473. The van der Waals surface area contributed by atoms with Crippen molar-refractivity contribution in [3.8, 4) is 0 Å². The number of hydrogen-bond acceptors (Lipinski definition) is 2. The highest BCUT2D eigenvalue weighted by Gasteiger charge is 2.02. The Bertz CT molecular complexity index is 545. The zero-order valence-corrected chi connectivity index (χ0v) is 9.19. The molecule has 4 nitrogen and oxygen atoms in total. The highest BCUT2D eigenvalue weighted by molar-refractivity contribution is 9.10. The van der Waals surface area contributed by atoms with Gasteiger partial charge < -0.3 is 4.98 Å². The standard InChI is InChI=1S/C10H7BrN2O2/c11-8-5-7(2-4-13(14)15)9-1-3-12-10(9)6-8/h1-6,12H/b4-2+. The first-order valence-electron chi connectivity index (χ1n) is 4.25. The number of rotatable bonds is 2. The van der Waals surface area contributed by atoms with Crippen LogP contribution in [0.15, 0.2) is 35.1 Å². The number of aromatic nitrogens is 1. The molecular weight excluding hydrogens is 260 g/mol. The van der Waals surface area contributed by atoms with Crippen LogP contribution in [0.3, 0.4) is 0 Å². The van der Waals surface area contributed by atoms with Gasteiger partial charge in [0.05, 0.1) is 4.92 Å². The molecule has 0 aliphatic carbocycles. The van der Waals surface area contributed by atoms with Crippen molar-refractivity contribution in [2.45, 2.75) is 0 Å². The number of H-pyrrole nitrogens is 1. The van der Waals surface area contributed by atoms with E-state index < -0.39 is 4.92 Å². The summed E-state index contributed by atoms with van der Waals surface area (Å²) in [5.74, 6) is 0. The molecule has 1 aromatic carbocycles. The second-order valence-electron chi connectivity index (χ2n) is 3.04. The Morgan fingerprint density at radius 1 is 1.47 bits per heavy atom. The molecule has 2 aromatic rings. The van der Waals surface area contributed by atoms with Gasteiger partial charge in [-0.15, -0.1) is 0 Å². The molecule has 0 saturated carbocycles. The van der Waals surface area contributed by atoms with Crippen molar-refractivity contribution in [3.63, 3.8) is 0 Å². The molecule has 76 valence electrons. The van der Waals surface area contributed by atoms with Crippen molar-refractivity contribution in [2.24, 2.45) is 0 Å². The van der Waals surface area contributed by atoms with Crippen LogP contribution in [-0.2, 0) is 0 Å². The number of nitrogens with one attached hydrogen (secondary N) is 1. The largest absolute Gasteiger partial charge is 0.361 e. The quantitative estimate of drug-likeness (QED) is 0.671. The molecule has 1 heterocycles. The van der Waals surface area contributed by atoms with Gasteiger partial charge in [0.1, 0.15) is 0 Å². The highest BCUT2D eigenvalue weighted by atomic mass is 79.9. The molecule has 0 aliphatic rings. The van der Waals surface area contributed by atoms with E-state index >= 15 is 0 Å². The number of hydrogen-bond donors (Lipinski definition) is 1. The minimum Gasteiger partial charge on any atom is -0.361 e. The van der Waals surface area contributed by atoms with Gasteiger partial charge in [-0.3, -0.25) is 10.1 Å². The number of nitro groups is 1. The summed E-state index contributed by atoms with van der Waals surface area (Å²) in [6.45, 7) is 0. The third kappa shape index (κ3) is 2.07. The fourth-order valence-corrected chi connectivity index (χ4v) is 1.91. The van der Waals surface area contributed by atoms with Gasteiger partial charge in [-0.25, -0.2) is 0 Å². The first-order valence-corrected chi connectivity index (χ1v) is 5.04. The number of fused-ring (bicyclic) bond motifs is 1. The first-order chi connectivity index (χ1) is 7.16. The minimum atomic E-state index is -0.473. The monoisotopic (exact) mass is 266 g/mol. The van der Waals surface area contributed by atoms with Gasteiger partial charge >= 0.3 is 0 Å². The molecule has 0 spiro atoms. The summed E-state index contributed by atoms with van der Waals surface area (Å²) >= 11 is 3.35. The van der Waals surface area contributed by atoms with Crippen LogP contribution >= 0.6 is 15.9 Å². The maximum atomic E-state index is 10.2. The second-order valence-corrected chi connectivity index (χ2v) is 3.95. The molecular formula is C10H7BrN2O2. The molecule has 0 radical (unpaired) electrons. The first kappa shape index (κ1) is 9.92. The summed E-state index contributed by atoms with van der Waals surface area (Å²) in [5.41, 5.74) is 1.77. The predicted octanol–water partition coefficient (Wildman–Crippen LogP) is 3.18. The van der Waals surface area contributed by atoms with Crippen molar-refractivity contribution in [2.75, 3.05) is 0 Å². The third-order valence-electron chi connectivity index (χ3n) is 2.04. The van der Waals surface area contributed by atoms with Gasteiger partial charge in [0, 0.05) is 27.6 Å². The van der Waals surface area contributed by atoms with Gasteiger partial charge in [0.2, 0.25) is 6.20 Å². The molecule has 0 bridgehead atoms. The lowest BCUT2D eigenvalue weighted by Crippen LogP contribution is -1.83. The van der Waals surface area contributed by atoms with Gasteiger partial charge in [-0.05, 0) is 23.8 Å². The van der Waals surface area contributed by atoms with Crippen molar-refractivity contribution in [1.82, 2.24) is 4.98 Å². The molecule has 0 aliphatic heterocycles. The lowest BCUT2D eigenvalue weighted by molar-refractivity contribution is -0.400. The highest BCUT2D eigenvalue weighted by Crippen LogP contribution is 2.24. The normalized spacial score (nSPS) is 11.3. The van der Waals surface area contributed by atoms with Gasteiger partial charge in [-0.2, -0.15) is 0 Å². The Balaban J connectivity index is 2.58. The van der Waals surface area contributed by atoms with Crippen LogP contribution in [0, 0.1) is 10.1 Å². The molecule has 1 N–H and O–H groups in total. The Morgan fingerprint density at radius 2 is 2.27 bits per heavy atom. The average Bonchev–Trinajstić information content (AvgIpc) is 2.61. The number of nitrogens with zero attached hydrogens (tertiary/aromatic N) is 1. The lowest BCUT2D eigenvalue weighted by Gasteiger charge is -1.97. The fraction of sp³-hybridized carbons (Fsp3) is 0. The summed E-state index contributed by atoms with van der Waals surface area (Å²) < 4.78 is 0.889. The van der Waals surface area contributed by atoms with E-state index in [-0.39, 0.29) is 0 Å². The number of aromatic amines is 1. The molecule has 0 amide bonds. The molecule has 15 heavy (non-hydrogen) atoms. The van der Waals surface area contributed by atoms with Gasteiger partial charge in [0.15, 0.2) is 0 Å². The van der Waals surface area contributed by atoms with E-state index in [1.165, 1.54) is 6.08 Å². The van der Waals surface area contributed by atoms with Crippen molar-refractivity contribution >= 4 is 32.9 Å². The smallest absolute Gasteiger partial charge is 0.235 e. The summed E-state index contributed by atoms with van der Waals surface area (Å²) in [4.78, 5) is 12.8. The zero-order chi connectivity index (χ0) is 10.8. The van der Waals surface area contributed by atoms with Gasteiger partial charge in [0.25, 0.3) is 0 Å². The van der Waals surface area contributed by atoms with Crippen molar-refractivity contribution < 1.29 is 4.92 Å². The fourth-order valence-electron chi connectivity index (χ4n) is 1.44. The van der Waals surface area contributed by atoms with Crippen LogP contribution in [0.1, 0.15) is 5.56 Å². The zero-order valence-electron chi connectivity index (χ0n) is 7.61. The number of benzene rings is 1. The second kappa shape index (κ2) is 3.86. The van der Waals surface area contributed by atoms with Crippen LogP contribution in [0.2, 0.25) is 0 Å². The number of halogens is 1. The van der Waals surface area contributed by atoms with E-state index in [4.69, 9.17) is 0 Å². The van der Waals surface area contributed by atoms with E-state index in [0.29, 0.717) is 0 Å². The van der Waals surface area contributed by atoms with Crippen molar-refractivity contribution in [3.05, 3.63) is 50.7 Å². The lowest BCUT2D eigenvalue weighted by atomic mass is 10.1. The van der Waals surface area contributed by atoms with Gasteiger partial charge in [-0.1, -0.05) is 15.9 Å². The molecule has 0 fully saturated rings. The Kier molecular flexibility index (Phi) is 2.55. The molecule has 1 aromatic heterocycles. The predicted molar refractivity (Wildman–Crippen MR) is 62.0 cm³/mol. The summed E-state index contributed by atoms with van der Waals surface area (Å²) in [5, 5.41) is 11.2. The Morgan fingerprint density at radius 3 is 3.00 bits per heavy atom. The molecule has 0 saturated heterocycles. The van der Waals surface area contributed by atoms with Crippen LogP contribution in [0.4, 0.5) is 0 Å². The topological polar surface area (TPSA) is 58.9 Å². The Hall–Kier alpha value is -1.62. The van der Waals surface area contributed by atoms with Crippen LogP contribution in [0.25, 0.3) is 17.0 Å². The molecule has 0 atom stereocenters. The summed E-state index contributed by atoms with van der Waals surface area (Å²) in [6.07, 6.45) is 4.23. The van der Waals surface area contributed by atoms with E-state index in [9.17, 15) is 10.1 Å². The maximum absolute atomic E-state index is 10.2.